The lowest BCUT2D eigenvalue weighted by atomic mass is 9.85. The first-order valence-electron chi connectivity index (χ1n) is 9.25. The van der Waals surface area contributed by atoms with E-state index in [1.54, 1.807) is 11.8 Å². The lowest BCUT2D eigenvalue weighted by molar-refractivity contribution is -0.137. The number of nitrogens with one attached hydrogen (secondary N) is 1. The van der Waals surface area contributed by atoms with Gasteiger partial charge in [0.25, 0.3) is 0 Å². The maximum absolute atomic E-state index is 12.7. The Labute approximate surface area is 161 Å². The largest absolute Gasteiger partial charge is 0.416 e. The molecule has 154 valence electrons. The average molecular weight is 399 g/mol. The Morgan fingerprint density at radius 1 is 1.25 bits per heavy atom. The number of nitrogens with two attached hydrogens (primary N) is 1. The van der Waals surface area contributed by atoms with Crippen LogP contribution in [0.4, 0.5) is 18.0 Å². The lowest BCUT2D eigenvalue weighted by Crippen LogP contribution is -2.50. The third-order valence-electron chi connectivity index (χ3n) is 5.65. The van der Waals surface area contributed by atoms with Crippen LogP contribution in [0.3, 0.4) is 0 Å². The first-order chi connectivity index (χ1) is 13.1. The van der Waals surface area contributed by atoms with Gasteiger partial charge in [-0.3, -0.25) is 4.79 Å². The van der Waals surface area contributed by atoms with Gasteiger partial charge in [-0.1, -0.05) is 12.1 Å². The second-order valence-corrected chi connectivity index (χ2v) is 7.58. The molecule has 1 aromatic rings. The SMILES string of the molecule is C[C@@H](NC(=O)N1CCC2(CC1)CC(C(N)=O)CO2)c1ccc(C(F)(F)F)cc1. The van der Waals surface area contributed by atoms with Gasteiger partial charge >= 0.3 is 12.2 Å². The number of alkyl halides is 3. The maximum Gasteiger partial charge on any atom is 0.416 e. The molecule has 2 atom stereocenters. The van der Waals surface area contributed by atoms with Crippen LogP contribution in [0, 0.1) is 5.92 Å². The summed E-state index contributed by atoms with van der Waals surface area (Å²) < 4.78 is 43.8. The van der Waals surface area contributed by atoms with E-state index >= 15 is 0 Å². The fourth-order valence-corrected chi connectivity index (χ4v) is 3.81. The van der Waals surface area contributed by atoms with Crippen LogP contribution in [0.2, 0.25) is 0 Å². The van der Waals surface area contributed by atoms with E-state index in [0.29, 0.717) is 44.5 Å². The van der Waals surface area contributed by atoms with E-state index in [4.69, 9.17) is 10.5 Å². The molecular weight excluding hydrogens is 375 g/mol. The van der Waals surface area contributed by atoms with Crippen LogP contribution in [0.1, 0.15) is 43.4 Å². The number of likely N-dealkylation sites (tertiary alicyclic amines) is 1. The van der Waals surface area contributed by atoms with Crippen molar-refractivity contribution in [3.8, 4) is 0 Å². The zero-order chi connectivity index (χ0) is 20.5. The maximum atomic E-state index is 12.7. The number of halogens is 3. The Bertz CT molecular complexity index is 728. The van der Waals surface area contributed by atoms with Crippen LogP contribution in [0.25, 0.3) is 0 Å². The van der Waals surface area contributed by atoms with Crippen molar-refractivity contribution in [2.45, 2.75) is 44.0 Å². The molecule has 28 heavy (non-hydrogen) atoms. The molecule has 3 N–H and O–H groups in total. The molecule has 6 nitrogen and oxygen atoms in total. The summed E-state index contributed by atoms with van der Waals surface area (Å²) in [6.07, 6.45) is -2.55. The van der Waals surface area contributed by atoms with E-state index in [9.17, 15) is 22.8 Å². The molecule has 3 amide bonds. The fourth-order valence-electron chi connectivity index (χ4n) is 3.81. The first kappa shape index (κ1) is 20.4. The van der Waals surface area contributed by atoms with Crippen LogP contribution < -0.4 is 11.1 Å². The van der Waals surface area contributed by atoms with Crippen LogP contribution >= 0.6 is 0 Å². The standard InChI is InChI=1S/C19H24F3N3O3/c1-12(13-2-4-15(5-3-13)19(20,21)22)24-17(27)25-8-6-18(7-9-25)10-14(11-28-18)16(23)26/h2-5,12,14H,6-11H2,1H3,(H2,23,26)(H,24,27)/t12-,14?/m1/s1. The molecule has 2 aliphatic heterocycles. The number of benzene rings is 1. The van der Waals surface area contributed by atoms with E-state index in [1.807, 2.05) is 0 Å². The molecule has 0 aliphatic carbocycles. The second kappa shape index (κ2) is 7.62. The predicted octanol–water partition coefficient (Wildman–Crippen LogP) is 2.83. The molecule has 1 unspecified atom stereocenters. The van der Waals surface area contributed by atoms with Crippen LogP contribution in [-0.4, -0.2) is 42.1 Å². The molecule has 2 heterocycles. The summed E-state index contributed by atoms with van der Waals surface area (Å²) in [6, 6.07) is 4.06. The van der Waals surface area contributed by atoms with Gasteiger partial charge in [0.1, 0.15) is 0 Å². The van der Waals surface area contributed by atoms with Gasteiger partial charge in [-0.05, 0) is 43.9 Å². The summed E-state index contributed by atoms with van der Waals surface area (Å²) in [5, 5.41) is 2.82. The molecule has 1 aromatic carbocycles. The number of piperidine rings is 1. The van der Waals surface area contributed by atoms with E-state index in [2.05, 4.69) is 5.32 Å². The number of ether oxygens (including phenoxy) is 1. The topological polar surface area (TPSA) is 84.7 Å². The first-order valence-corrected chi connectivity index (χ1v) is 9.25. The van der Waals surface area contributed by atoms with Crippen molar-refractivity contribution in [1.82, 2.24) is 10.2 Å². The molecule has 0 radical (unpaired) electrons. The molecule has 2 fully saturated rings. The highest BCUT2D eigenvalue weighted by molar-refractivity contribution is 5.77. The average Bonchev–Trinajstić information content (AvgIpc) is 3.05. The number of carbonyl (C=O) groups excluding carboxylic acids is 2. The number of carbonyl (C=O) groups is 2. The highest BCUT2D eigenvalue weighted by Gasteiger charge is 2.45. The van der Waals surface area contributed by atoms with E-state index in [1.165, 1.54) is 12.1 Å². The van der Waals surface area contributed by atoms with E-state index < -0.39 is 23.4 Å². The number of nitrogens with zero attached hydrogens (tertiary/aromatic N) is 1. The summed E-state index contributed by atoms with van der Waals surface area (Å²) in [5.41, 5.74) is 4.83. The number of urea groups is 1. The summed E-state index contributed by atoms with van der Waals surface area (Å²) in [7, 11) is 0. The molecule has 9 heteroatoms. The molecule has 0 saturated carbocycles. The molecule has 2 saturated heterocycles. The monoisotopic (exact) mass is 399 g/mol. The summed E-state index contributed by atoms with van der Waals surface area (Å²) in [6.45, 7) is 3.02. The number of primary amides is 1. The van der Waals surface area contributed by atoms with Gasteiger partial charge in [-0.15, -0.1) is 0 Å². The zero-order valence-corrected chi connectivity index (χ0v) is 15.6. The summed E-state index contributed by atoms with van der Waals surface area (Å²) in [4.78, 5) is 25.5. The van der Waals surface area contributed by atoms with Gasteiger partial charge in [-0.25, -0.2) is 4.79 Å². The summed E-state index contributed by atoms with van der Waals surface area (Å²) >= 11 is 0. The predicted molar refractivity (Wildman–Crippen MR) is 95.2 cm³/mol. The minimum atomic E-state index is -4.38. The van der Waals surface area contributed by atoms with Crippen molar-refractivity contribution >= 4 is 11.9 Å². The number of hydrogen-bond donors (Lipinski definition) is 2. The minimum absolute atomic E-state index is 0.272. The van der Waals surface area contributed by atoms with E-state index in [-0.39, 0.29) is 17.9 Å². The van der Waals surface area contributed by atoms with Crippen molar-refractivity contribution in [2.75, 3.05) is 19.7 Å². The Kier molecular flexibility index (Phi) is 5.56. The Balaban J connectivity index is 1.52. The smallest absolute Gasteiger partial charge is 0.374 e. The molecule has 2 aliphatic rings. The van der Waals surface area contributed by atoms with Gasteiger partial charge in [0.15, 0.2) is 0 Å². The zero-order valence-electron chi connectivity index (χ0n) is 15.6. The molecular formula is C19H24F3N3O3. The fraction of sp³-hybridized carbons (Fsp3) is 0.579. The van der Waals surface area contributed by atoms with Gasteiger partial charge in [0.05, 0.1) is 29.7 Å². The van der Waals surface area contributed by atoms with E-state index in [0.717, 1.165) is 12.1 Å². The Morgan fingerprint density at radius 3 is 2.36 bits per heavy atom. The van der Waals surface area contributed by atoms with Crippen molar-refractivity contribution in [3.05, 3.63) is 35.4 Å². The Morgan fingerprint density at radius 2 is 1.86 bits per heavy atom. The van der Waals surface area contributed by atoms with Crippen LogP contribution in [-0.2, 0) is 15.7 Å². The van der Waals surface area contributed by atoms with Gasteiger partial charge in [0, 0.05) is 13.1 Å². The normalized spacial score (nSPS) is 22.9. The van der Waals surface area contributed by atoms with Gasteiger partial charge in [0.2, 0.25) is 5.91 Å². The minimum Gasteiger partial charge on any atom is -0.374 e. The molecule has 0 bridgehead atoms. The van der Waals surface area contributed by atoms with Crippen LogP contribution in [0.15, 0.2) is 24.3 Å². The third kappa shape index (κ3) is 4.40. The quantitative estimate of drug-likeness (QED) is 0.820. The highest BCUT2D eigenvalue weighted by atomic mass is 19.4. The molecule has 3 rings (SSSR count). The van der Waals surface area contributed by atoms with Crippen molar-refractivity contribution in [1.29, 1.82) is 0 Å². The summed E-state index contributed by atoms with van der Waals surface area (Å²) in [5.74, 6) is -0.637. The number of amides is 3. The van der Waals surface area contributed by atoms with Crippen molar-refractivity contribution < 1.29 is 27.5 Å². The number of hydrogen-bond acceptors (Lipinski definition) is 3. The van der Waals surface area contributed by atoms with Crippen molar-refractivity contribution in [2.24, 2.45) is 11.7 Å². The van der Waals surface area contributed by atoms with Crippen LogP contribution in [0.5, 0.6) is 0 Å². The lowest BCUT2D eigenvalue weighted by Gasteiger charge is -2.39. The number of rotatable bonds is 3. The molecule has 0 aromatic heterocycles. The highest BCUT2D eigenvalue weighted by Crippen LogP contribution is 2.38. The second-order valence-electron chi connectivity index (χ2n) is 7.58. The third-order valence-corrected chi connectivity index (χ3v) is 5.65. The van der Waals surface area contributed by atoms with Gasteiger partial charge in [-0.2, -0.15) is 13.2 Å². The van der Waals surface area contributed by atoms with Gasteiger partial charge < -0.3 is 20.7 Å². The molecule has 1 spiro atoms. The van der Waals surface area contributed by atoms with Crippen molar-refractivity contribution in [3.63, 3.8) is 0 Å². The Hall–Kier alpha value is -2.29.